The molecule has 0 radical (unpaired) electrons. The Morgan fingerprint density at radius 1 is 1.07 bits per heavy atom. The number of nitrogens with zero attached hydrogens (tertiary/aromatic N) is 2. The lowest BCUT2D eigenvalue weighted by atomic mass is 10.2. The molecule has 1 fully saturated rings. The van der Waals surface area contributed by atoms with Gasteiger partial charge in [0, 0.05) is 39.3 Å². The SMILES string of the molecule is COc1ccccc1N1CCN(CCOc2ccc(CNC(N)=O)cc2)CC1. The van der Waals surface area contributed by atoms with Crippen molar-refractivity contribution in [3.05, 3.63) is 54.1 Å². The lowest BCUT2D eigenvalue weighted by Gasteiger charge is -2.36. The number of urea groups is 1. The van der Waals surface area contributed by atoms with Crippen molar-refractivity contribution >= 4 is 11.7 Å². The normalized spacial score (nSPS) is 14.5. The fourth-order valence-electron chi connectivity index (χ4n) is 3.29. The van der Waals surface area contributed by atoms with Gasteiger partial charge in [-0.25, -0.2) is 4.79 Å². The van der Waals surface area contributed by atoms with E-state index in [0.717, 1.165) is 55.5 Å². The second-order valence-electron chi connectivity index (χ2n) is 6.71. The number of hydrogen-bond acceptors (Lipinski definition) is 5. The van der Waals surface area contributed by atoms with Crippen LogP contribution in [0, 0.1) is 0 Å². The lowest BCUT2D eigenvalue weighted by Crippen LogP contribution is -2.47. The van der Waals surface area contributed by atoms with Gasteiger partial charge < -0.3 is 25.4 Å². The number of methoxy groups -OCH3 is 1. The summed E-state index contributed by atoms with van der Waals surface area (Å²) in [5.41, 5.74) is 7.22. The summed E-state index contributed by atoms with van der Waals surface area (Å²) in [5.74, 6) is 1.75. The number of primary amides is 1. The quantitative estimate of drug-likeness (QED) is 0.728. The smallest absolute Gasteiger partial charge is 0.312 e. The van der Waals surface area contributed by atoms with Crippen LogP contribution in [0.3, 0.4) is 0 Å². The highest BCUT2D eigenvalue weighted by Crippen LogP contribution is 2.28. The highest BCUT2D eigenvalue weighted by Gasteiger charge is 2.19. The number of rotatable bonds is 8. The number of benzene rings is 2. The molecular formula is C21H28N4O3. The number of anilines is 1. The van der Waals surface area contributed by atoms with Crippen LogP contribution in [0.1, 0.15) is 5.56 Å². The van der Waals surface area contributed by atoms with Crippen molar-refractivity contribution in [1.29, 1.82) is 0 Å². The molecule has 1 saturated heterocycles. The van der Waals surface area contributed by atoms with Gasteiger partial charge in [0.25, 0.3) is 0 Å². The molecule has 2 aromatic carbocycles. The average Bonchev–Trinajstić information content (AvgIpc) is 2.73. The molecule has 0 aromatic heterocycles. The molecule has 7 heteroatoms. The van der Waals surface area contributed by atoms with E-state index in [1.807, 2.05) is 42.5 Å². The number of nitrogens with one attached hydrogen (secondary N) is 1. The molecule has 2 aromatic rings. The molecule has 0 aliphatic carbocycles. The third-order valence-corrected chi connectivity index (χ3v) is 4.86. The Morgan fingerprint density at radius 2 is 1.79 bits per heavy atom. The van der Waals surface area contributed by atoms with Crippen molar-refractivity contribution in [2.45, 2.75) is 6.54 Å². The first-order valence-electron chi connectivity index (χ1n) is 9.51. The van der Waals surface area contributed by atoms with Crippen molar-refractivity contribution in [3.8, 4) is 11.5 Å². The van der Waals surface area contributed by atoms with E-state index in [0.29, 0.717) is 13.2 Å². The maximum Gasteiger partial charge on any atom is 0.312 e. The number of piperazine rings is 1. The number of carbonyl (C=O) groups excluding carboxylic acids is 1. The third kappa shape index (κ3) is 5.53. The molecule has 0 saturated carbocycles. The number of carbonyl (C=O) groups is 1. The second-order valence-corrected chi connectivity index (χ2v) is 6.71. The number of amides is 2. The minimum atomic E-state index is -0.522. The molecule has 0 atom stereocenters. The minimum absolute atomic E-state index is 0.423. The van der Waals surface area contributed by atoms with E-state index in [2.05, 4.69) is 21.2 Å². The van der Waals surface area contributed by atoms with E-state index in [1.165, 1.54) is 0 Å². The van der Waals surface area contributed by atoms with Gasteiger partial charge in [0.1, 0.15) is 18.1 Å². The van der Waals surface area contributed by atoms with Crippen molar-refractivity contribution in [2.75, 3.05) is 51.3 Å². The summed E-state index contributed by atoms with van der Waals surface area (Å²) >= 11 is 0. The van der Waals surface area contributed by atoms with Crippen LogP contribution >= 0.6 is 0 Å². The molecule has 1 aliphatic heterocycles. The molecule has 150 valence electrons. The van der Waals surface area contributed by atoms with Crippen molar-refractivity contribution in [2.24, 2.45) is 5.73 Å². The summed E-state index contributed by atoms with van der Waals surface area (Å²) in [7, 11) is 1.72. The second kappa shape index (κ2) is 9.85. The topological polar surface area (TPSA) is 80.1 Å². The monoisotopic (exact) mass is 384 g/mol. The zero-order valence-electron chi connectivity index (χ0n) is 16.3. The van der Waals surface area contributed by atoms with E-state index in [4.69, 9.17) is 15.2 Å². The molecule has 0 bridgehead atoms. The van der Waals surface area contributed by atoms with Gasteiger partial charge in [-0.05, 0) is 29.8 Å². The Balaban J connectivity index is 1.39. The van der Waals surface area contributed by atoms with Gasteiger partial charge in [0.15, 0.2) is 0 Å². The molecule has 0 spiro atoms. The van der Waals surface area contributed by atoms with Gasteiger partial charge in [-0.15, -0.1) is 0 Å². The molecule has 2 amide bonds. The van der Waals surface area contributed by atoms with Gasteiger partial charge >= 0.3 is 6.03 Å². The molecule has 7 nitrogen and oxygen atoms in total. The van der Waals surface area contributed by atoms with Crippen LogP contribution in [0.2, 0.25) is 0 Å². The third-order valence-electron chi connectivity index (χ3n) is 4.86. The van der Waals surface area contributed by atoms with Crippen LogP contribution in [-0.4, -0.2) is 57.4 Å². The zero-order chi connectivity index (χ0) is 19.8. The molecule has 28 heavy (non-hydrogen) atoms. The van der Waals surface area contributed by atoms with Crippen LogP contribution in [0.15, 0.2) is 48.5 Å². The fourth-order valence-corrected chi connectivity index (χ4v) is 3.29. The summed E-state index contributed by atoms with van der Waals surface area (Å²) in [4.78, 5) is 15.5. The first-order chi connectivity index (χ1) is 13.7. The Morgan fingerprint density at radius 3 is 2.46 bits per heavy atom. The van der Waals surface area contributed by atoms with Gasteiger partial charge in [-0.2, -0.15) is 0 Å². The molecule has 0 unspecified atom stereocenters. The summed E-state index contributed by atoms with van der Waals surface area (Å²) in [5, 5.41) is 2.57. The van der Waals surface area contributed by atoms with E-state index in [9.17, 15) is 4.79 Å². The van der Waals surface area contributed by atoms with Crippen molar-refractivity contribution < 1.29 is 14.3 Å². The Hall–Kier alpha value is -2.93. The van der Waals surface area contributed by atoms with Crippen molar-refractivity contribution in [3.63, 3.8) is 0 Å². The molecule has 3 rings (SSSR count). The van der Waals surface area contributed by atoms with E-state index in [1.54, 1.807) is 7.11 Å². The molecule has 1 aliphatic rings. The molecular weight excluding hydrogens is 356 g/mol. The maximum absolute atomic E-state index is 10.7. The number of nitrogens with two attached hydrogens (primary N) is 1. The van der Waals surface area contributed by atoms with E-state index < -0.39 is 6.03 Å². The van der Waals surface area contributed by atoms with Gasteiger partial charge in [0.05, 0.1) is 12.8 Å². The highest BCUT2D eigenvalue weighted by atomic mass is 16.5. The minimum Gasteiger partial charge on any atom is -0.495 e. The predicted octanol–water partition coefficient (Wildman–Crippen LogP) is 2.06. The maximum atomic E-state index is 10.7. The number of hydrogen-bond donors (Lipinski definition) is 2. The molecule has 1 heterocycles. The zero-order valence-corrected chi connectivity index (χ0v) is 16.3. The van der Waals surface area contributed by atoms with Gasteiger partial charge in [0.2, 0.25) is 0 Å². The summed E-state index contributed by atoms with van der Waals surface area (Å²) in [6.45, 7) is 5.91. The van der Waals surface area contributed by atoms with Crippen LogP contribution in [0.4, 0.5) is 10.5 Å². The van der Waals surface area contributed by atoms with Crippen molar-refractivity contribution in [1.82, 2.24) is 10.2 Å². The summed E-state index contributed by atoms with van der Waals surface area (Å²) in [6.07, 6.45) is 0. The van der Waals surface area contributed by atoms with Gasteiger partial charge in [-0.3, -0.25) is 4.90 Å². The predicted molar refractivity (Wildman–Crippen MR) is 110 cm³/mol. The Bertz CT molecular complexity index is 759. The van der Waals surface area contributed by atoms with Gasteiger partial charge in [-0.1, -0.05) is 24.3 Å². The largest absolute Gasteiger partial charge is 0.495 e. The van der Waals surface area contributed by atoms with E-state index in [-0.39, 0.29) is 0 Å². The van der Waals surface area contributed by atoms with E-state index >= 15 is 0 Å². The summed E-state index contributed by atoms with van der Waals surface area (Å²) in [6, 6.07) is 15.3. The Labute approximate surface area is 166 Å². The fraction of sp³-hybridized carbons (Fsp3) is 0.381. The highest BCUT2D eigenvalue weighted by molar-refractivity contribution is 5.71. The first-order valence-corrected chi connectivity index (χ1v) is 9.51. The standard InChI is InChI=1S/C21H28N4O3/c1-27-20-5-3-2-4-19(20)25-12-10-24(11-13-25)14-15-28-18-8-6-17(7-9-18)16-23-21(22)26/h2-9H,10-16H2,1H3,(H3,22,23,26). The van der Waals surface area contributed by atoms with Crippen LogP contribution < -0.4 is 25.4 Å². The number of para-hydroxylation sites is 2. The number of ether oxygens (including phenoxy) is 2. The first kappa shape index (κ1) is 19.8. The Kier molecular flexibility index (Phi) is 6.97. The van der Waals surface area contributed by atoms with Crippen LogP contribution in [-0.2, 0) is 6.54 Å². The van der Waals surface area contributed by atoms with Crippen LogP contribution in [0.5, 0.6) is 11.5 Å². The molecule has 3 N–H and O–H groups in total. The lowest BCUT2D eigenvalue weighted by molar-refractivity contribution is 0.200. The van der Waals surface area contributed by atoms with Crippen LogP contribution in [0.25, 0.3) is 0 Å². The average molecular weight is 384 g/mol. The summed E-state index contributed by atoms with van der Waals surface area (Å²) < 4.78 is 11.3.